The fourth-order valence-corrected chi connectivity index (χ4v) is 2.87. The van der Waals surface area contributed by atoms with E-state index in [4.69, 9.17) is 9.47 Å². The second-order valence-electron chi connectivity index (χ2n) is 4.53. The highest BCUT2D eigenvalue weighted by molar-refractivity contribution is 7.17. The molecule has 0 aliphatic carbocycles. The third-order valence-corrected chi connectivity index (χ3v) is 4.29. The summed E-state index contributed by atoms with van der Waals surface area (Å²) in [6.07, 6.45) is 1.47. The van der Waals surface area contributed by atoms with E-state index in [-0.39, 0.29) is 5.97 Å². The number of aromatic nitrogens is 1. The molecule has 0 spiro atoms. The van der Waals surface area contributed by atoms with E-state index in [1.807, 2.05) is 38.2 Å². The van der Waals surface area contributed by atoms with Gasteiger partial charge < -0.3 is 14.8 Å². The van der Waals surface area contributed by atoms with E-state index in [1.54, 1.807) is 7.11 Å². The van der Waals surface area contributed by atoms with Crippen molar-refractivity contribution in [1.29, 1.82) is 0 Å². The second-order valence-corrected chi connectivity index (χ2v) is 5.53. The maximum Gasteiger partial charge on any atom is 0.330 e. The number of hydrogen-bond donors (Lipinski definition) is 1. The van der Waals surface area contributed by atoms with Crippen LogP contribution < -0.4 is 10.1 Å². The fourth-order valence-electron chi connectivity index (χ4n) is 1.96. The number of carbonyl (C=O) groups is 1. The highest BCUT2D eigenvalue weighted by Crippen LogP contribution is 2.36. The largest absolute Gasteiger partial charge is 0.497 e. The zero-order valence-corrected chi connectivity index (χ0v) is 13.8. The van der Waals surface area contributed by atoms with Gasteiger partial charge in [-0.3, -0.25) is 0 Å². The van der Waals surface area contributed by atoms with E-state index in [9.17, 15) is 4.79 Å². The van der Waals surface area contributed by atoms with Gasteiger partial charge in [0.25, 0.3) is 0 Å². The van der Waals surface area contributed by atoms with Gasteiger partial charge in [0.05, 0.1) is 24.8 Å². The molecule has 0 saturated heterocycles. The second kappa shape index (κ2) is 7.09. The molecule has 6 heteroatoms. The summed E-state index contributed by atoms with van der Waals surface area (Å²) in [6, 6.07) is 7.68. The van der Waals surface area contributed by atoms with E-state index in [0.717, 1.165) is 32.6 Å². The van der Waals surface area contributed by atoms with Gasteiger partial charge in [-0.1, -0.05) is 23.5 Å². The number of nitrogens with zero attached hydrogens (tertiary/aromatic N) is 1. The molecule has 1 aromatic carbocycles. The number of carbonyl (C=O) groups excluding carboxylic acids is 1. The van der Waals surface area contributed by atoms with Crippen molar-refractivity contribution >= 4 is 28.0 Å². The molecule has 0 saturated carbocycles. The molecular formula is C16H18N2O3S. The molecule has 22 heavy (non-hydrogen) atoms. The quantitative estimate of drug-likeness (QED) is 0.676. The molecule has 0 fully saturated rings. The molecule has 1 N–H and O–H groups in total. The van der Waals surface area contributed by atoms with Gasteiger partial charge in [0.15, 0.2) is 5.13 Å². The van der Waals surface area contributed by atoms with Crippen LogP contribution in [0.1, 0.15) is 11.8 Å². The first-order valence-electron chi connectivity index (χ1n) is 6.68. The normalized spacial score (nSPS) is 11.2. The molecule has 0 radical (unpaired) electrons. The van der Waals surface area contributed by atoms with Crippen LogP contribution in [0.2, 0.25) is 0 Å². The Morgan fingerprint density at radius 1 is 1.36 bits per heavy atom. The summed E-state index contributed by atoms with van der Waals surface area (Å²) in [7, 11) is 4.81. The summed E-state index contributed by atoms with van der Waals surface area (Å²) in [4.78, 5) is 17.0. The van der Waals surface area contributed by atoms with Crippen molar-refractivity contribution in [2.75, 3.05) is 26.6 Å². The van der Waals surface area contributed by atoms with E-state index in [0.29, 0.717) is 0 Å². The molecule has 0 amide bonds. The first-order valence-corrected chi connectivity index (χ1v) is 7.50. The zero-order valence-electron chi connectivity index (χ0n) is 13.0. The summed E-state index contributed by atoms with van der Waals surface area (Å²) in [5.74, 6) is 0.380. The third kappa shape index (κ3) is 3.46. The Balaban J connectivity index is 2.53. The van der Waals surface area contributed by atoms with Crippen LogP contribution in [0.4, 0.5) is 5.13 Å². The highest BCUT2D eigenvalue weighted by atomic mass is 32.1. The first kappa shape index (κ1) is 16.0. The molecule has 0 atom stereocenters. The number of thiazole rings is 1. The van der Waals surface area contributed by atoms with Crippen molar-refractivity contribution in [3.63, 3.8) is 0 Å². The molecular weight excluding hydrogens is 300 g/mol. The summed E-state index contributed by atoms with van der Waals surface area (Å²) in [5, 5.41) is 3.82. The van der Waals surface area contributed by atoms with Crippen LogP contribution >= 0.6 is 11.3 Å². The summed E-state index contributed by atoms with van der Waals surface area (Å²) in [5.41, 5.74) is 2.55. The lowest BCUT2D eigenvalue weighted by Gasteiger charge is -2.05. The predicted molar refractivity (Wildman–Crippen MR) is 89.3 cm³/mol. The Morgan fingerprint density at radius 2 is 2.14 bits per heavy atom. The number of benzene rings is 1. The van der Waals surface area contributed by atoms with Crippen molar-refractivity contribution in [1.82, 2.24) is 4.98 Å². The lowest BCUT2D eigenvalue weighted by molar-refractivity contribution is -0.134. The minimum absolute atomic E-state index is 0.381. The molecule has 116 valence electrons. The topological polar surface area (TPSA) is 60.5 Å². The number of rotatable bonds is 5. The predicted octanol–water partition coefficient (Wildman–Crippen LogP) is 3.44. The molecule has 1 heterocycles. The summed E-state index contributed by atoms with van der Waals surface area (Å²) >= 11 is 1.49. The van der Waals surface area contributed by atoms with Gasteiger partial charge >= 0.3 is 5.97 Å². The molecule has 1 aromatic heterocycles. The SMILES string of the molecule is CNc1nc(-c2cccc(OC)c2)c(/C(C)=C/C(=O)OC)s1. The molecule has 0 aliphatic heterocycles. The Labute approximate surface area is 133 Å². The van der Waals surface area contributed by atoms with Crippen molar-refractivity contribution in [2.45, 2.75) is 6.92 Å². The lowest BCUT2D eigenvalue weighted by Crippen LogP contribution is -1.95. The third-order valence-electron chi connectivity index (χ3n) is 3.08. The Kier molecular flexibility index (Phi) is 5.16. The minimum Gasteiger partial charge on any atom is -0.497 e. The minimum atomic E-state index is -0.381. The van der Waals surface area contributed by atoms with Crippen LogP contribution in [0.5, 0.6) is 5.75 Å². The number of nitrogens with one attached hydrogen (secondary N) is 1. The van der Waals surface area contributed by atoms with Crippen LogP contribution in [-0.2, 0) is 9.53 Å². The number of anilines is 1. The van der Waals surface area contributed by atoms with Crippen LogP contribution in [0.15, 0.2) is 30.3 Å². The van der Waals surface area contributed by atoms with E-state index in [1.165, 1.54) is 24.5 Å². The van der Waals surface area contributed by atoms with Gasteiger partial charge in [0.1, 0.15) is 5.75 Å². The number of hydrogen-bond acceptors (Lipinski definition) is 6. The number of methoxy groups -OCH3 is 2. The fraction of sp³-hybridized carbons (Fsp3) is 0.250. The van der Waals surface area contributed by atoms with Gasteiger partial charge in [-0.15, -0.1) is 0 Å². The van der Waals surface area contributed by atoms with Crippen molar-refractivity contribution < 1.29 is 14.3 Å². The number of ether oxygens (including phenoxy) is 2. The van der Waals surface area contributed by atoms with E-state index < -0.39 is 0 Å². The lowest BCUT2D eigenvalue weighted by atomic mass is 10.1. The van der Waals surface area contributed by atoms with Crippen LogP contribution in [0.3, 0.4) is 0 Å². The molecule has 0 aliphatic rings. The average molecular weight is 318 g/mol. The van der Waals surface area contributed by atoms with Crippen molar-refractivity contribution in [2.24, 2.45) is 0 Å². The molecule has 0 bridgehead atoms. The van der Waals surface area contributed by atoms with Crippen LogP contribution in [-0.4, -0.2) is 32.2 Å². The Morgan fingerprint density at radius 3 is 2.77 bits per heavy atom. The Hall–Kier alpha value is -2.34. The van der Waals surface area contributed by atoms with E-state index >= 15 is 0 Å². The molecule has 2 aromatic rings. The van der Waals surface area contributed by atoms with Gasteiger partial charge in [0, 0.05) is 18.7 Å². The van der Waals surface area contributed by atoms with Crippen molar-refractivity contribution in [3.05, 3.63) is 35.2 Å². The molecule has 2 rings (SSSR count). The van der Waals surface area contributed by atoms with Gasteiger partial charge in [-0.2, -0.15) is 0 Å². The van der Waals surface area contributed by atoms with Gasteiger partial charge in [-0.05, 0) is 24.6 Å². The van der Waals surface area contributed by atoms with Crippen LogP contribution in [0, 0.1) is 0 Å². The first-order chi connectivity index (χ1) is 10.6. The number of allylic oxidation sites excluding steroid dienone is 1. The van der Waals surface area contributed by atoms with Crippen LogP contribution in [0.25, 0.3) is 16.8 Å². The molecule has 5 nitrogen and oxygen atoms in total. The van der Waals surface area contributed by atoms with Gasteiger partial charge in [0.2, 0.25) is 0 Å². The number of esters is 1. The summed E-state index contributed by atoms with van der Waals surface area (Å²) < 4.78 is 9.95. The highest BCUT2D eigenvalue weighted by Gasteiger charge is 2.15. The standard InChI is InChI=1S/C16H18N2O3S/c1-10(8-13(19)21-4)15-14(18-16(17-2)22-15)11-6-5-7-12(9-11)20-3/h5-9H,1-4H3,(H,17,18)/b10-8+. The smallest absolute Gasteiger partial charge is 0.330 e. The van der Waals surface area contributed by atoms with Crippen molar-refractivity contribution in [3.8, 4) is 17.0 Å². The zero-order chi connectivity index (χ0) is 16.1. The summed E-state index contributed by atoms with van der Waals surface area (Å²) in [6.45, 7) is 1.87. The van der Waals surface area contributed by atoms with E-state index in [2.05, 4.69) is 10.3 Å². The van der Waals surface area contributed by atoms with Gasteiger partial charge in [-0.25, -0.2) is 9.78 Å². The maximum absolute atomic E-state index is 11.5. The monoisotopic (exact) mass is 318 g/mol. The average Bonchev–Trinajstić information content (AvgIpc) is 2.99. The maximum atomic E-state index is 11.5. The molecule has 0 unspecified atom stereocenters. The Bertz CT molecular complexity index is 707.